The molecule has 0 bridgehead atoms. The maximum atomic E-state index is 13.1. The maximum absolute atomic E-state index is 13.1. The van der Waals surface area contributed by atoms with Crippen LogP contribution in [0.5, 0.6) is 0 Å². The zero-order valence-electron chi connectivity index (χ0n) is 22.8. The highest BCUT2D eigenvalue weighted by Crippen LogP contribution is 2.47. The first kappa shape index (κ1) is 25.5. The van der Waals surface area contributed by atoms with Gasteiger partial charge in [0.15, 0.2) is 5.78 Å². The quantitative estimate of drug-likeness (QED) is 0.207. The van der Waals surface area contributed by atoms with Crippen molar-refractivity contribution in [2.24, 2.45) is 29.6 Å². The molecule has 4 atom stereocenters. The molecule has 0 spiro atoms. The maximum Gasteiger partial charge on any atom is 0.194 e. The smallest absolute Gasteiger partial charge is 0.194 e. The van der Waals surface area contributed by atoms with Crippen LogP contribution in [0.2, 0.25) is 0 Å². The molecule has 6 rings (SSSR count). The summed E-state index contributed by atoms with van der Waals surface area (Å²) in [5, 5.41) is 4.19. The van der Waals surface area contributed by atoms with Crippen molar-refractivity contribution in [1.29, 1.82) is 0 Å². The molecule has 0 heterocycles. The number of carbonyl (C=O) groups excluding carboxylic acids is 1. The lowest BCUT2D eigenvalue weighted by Gasteiger charge is -2.43. The Morgan fingerprint density at radius 3 is 1.84 bits per heavy atom. The van der Waals surface area contributed by atoms with E-state index in [0.29, 0.717) is 0 Å². The molecule has 0 unspecified atom stereocenters. The van der Waals surface area contributed by atoms with Gasteiger partial charge in [0.2, 0.25) is 0 Å². The monoisotopic (exact) mass is 488 g/mol. The Balaban J connectivity index is 0.000000164. The van der Waals surface area contributed by atoms with Crippen LogP contribution in [0.4, 0.5) is 0 Å². The molecular formula is C36H40O. The van der Waals surface area contributed by atoms with Crippen molar-refractivity contribution in [3.8, 4) is 0 Å². The van der Waals surface area contributed by atoms with E-state index in [0.717, 1.165) is 62.3 Å². The van der Waals surface area contributed by atoms with Gasteiger partial charge in [-0.2, -0.15) is 0 Å². The standard InChI is InChI=1S/C21H14O.C15H26/c22-21(19-13-5-9-15-7-1-3-11-17(15)19)20-14-6-10-16-8-2-4-12-18(16)20;1-10(2)13-8-6-12(4)14-7-5-11(3)9-15(13)14/h1-14H;7,10-13,15H,5-6,8-9H2,1-4H3/t;11-,12-,13-,15-/m.0/s1. The van der Waals surface area contributed by atoms with E-state index in [1.807, 2.05) is 90.5 Å². The number of hydrogen-bond acceptors (Lipinski definition) is 1. The number of fused-ring (bicyclic) bond motifs is 3. The summed E-state index contributed by atoms with van der Waals surface area (Å²) in [4.78, 5) is 13.1. The number of carbonyl (C=O) groups is 1. The Morgan fingerprint density at radius 1 is 0.730 bits per heavy atom. The minimum Gasteiger partial charge on any atom is -0.289 e. The van der Waals surface area contributed by atoms with Gasteiger partial charge in [-0.15, -0.1) is 0 Å². The fraction of sp³-hybridized carbons (Fsp3) is 0.361. The highest BCUT2D eigenvalue weighted by molar-refractivity contribution is 6.21. The van der Waals surface area contributed by atoms with Crippen molar-refractivity contribution >= 4 is 27.3 Å². The van der Waals surface area contributed by atoms with Gasteiger partial charge in [0, 0.05) is 11.1 Å². The molecule has 1 fully saturated rings. The predicted molar refractivity (Wildman–Crippen MR) is 158 cm³/mol. The van der Waals surface area contributed by atoms with E-state index < -0.39 is 0 Å². The molecule has 4 aromatic carbocycles. The summed E-state index contributed by atoms with van der Waals surface area (Å²) in [6.45, 7) is 9.68. The molecule has 1 nitrogen and oxygen atoms in total. The lowest BCUT2D eigenvalue weighted by atomic mass is 9.62. The minimum absolute atomic E-state index is 0.0774. The first-order valence-corrected chi connectivity index (χ1v) is 14.1. The first-order chi connectivity index (χ1) is 17.9. The molecule has 0 amide bonds. The SMILES string of the molecule is CC(C)[C@@H]1CC[C@H](C)C2=CC[C@H](C)C[C@H]21.O=C(c1cccc2ccccc12)c1cccc2ccccc12. The normalized spacial score (nSPS) is 23.2. The van der Waals surface area contributed by atoms with Crippen molar-refractivity contribution in [3.63, 3.8) is 0 Å². The van der Waals surface area contributed by atoms with Gasteiger partial charge >= 0.3 is 0 Å². The summed E-state index contributed by atoms with van der Waals surface area (Å²) in [6.07, 6.45) is 8.27. The zero-order valence-corrected chi connectivity index (χ0v) is 22.8. The van der Waals surface area contributed by atoms with Gasteiger partial charge in [-0.25, -0.2) is 0 Å². The Labute approximate surface area is 222 Å². The molecule has 0 aromatic heterocycles. The Bertz CT molecular complexity index is 1330. The van der Waals surface area contributed by atoms with Gasteiger partial charge in [-0.3, -0.25) is 4.79 Å². The van der Waals surface area contributed by atoms with Crippen molar-refractivity contribution in [2.75, 3.05) is 0 Å². The number of rotatable bonds is 3. The second-order valence-corrected chi connectivity index (χ2v) is 11.7. The summed E-state index contributed by atoms with van der Waals surface area (Å²) >= 11 is 0. The number of allylic oxidation sites excluding steroid dienone is 2. The van der Waals surface area contributed by atoms with Gasteiger partial charge in [0.05, 0.1) is 0 Å². The van der Waals surface area contributed by atoms with E-state index in [4.69, 9.17) is 0 Å². The van der Waals surface area contributed by atoms with E-state index in [2.05, 4.69) is 33.8 Å². The second kappa shape index (κ2) is 11.1. The van der Waals surface area contributed by atoms with E-state index >= 15 is 0 Å². The molecule has 190 valence electrons. The topological polar surface area (TPSA) is 17.1 Å². The van der Waals surface area contributed by atoms with Crippen LogP contribution in [0, 0.1) is 29.6 Å². The Morgan fingerprint density at radius 2 is 1.27 bits per heavy atom. The summed E-state index contributed by atoms with van der Waals surface area (Å²) in [5.74, 6) is 4.64. The van der Waals surface area contributed by atoms with E-state index in [9.17, 15) is 4.79 Å². The van der Waals surface area contributed by atoms with E-state index in [-0.39, 0.29) is 5.78 Å². The number of hydrogen-bond donors (Lipinski definition) is 0. The Hall–Kier alpha value is -3.19. The fourth-order valence-electron chi connectivity index (χ4n) is 6.74. The number of ketones is 1. The average Bonchev–Trinajstić information content (AvgIpc) is 2.92. The van der Waals surface area contributed by atoms with Crippen molar-refractivity contribution in [2.45, 2.75) is 53.4 Å². The molecule has 4 aromatic rings. The average molecular weight is 489 g/mol. The lowest BCUT2D eigenvalue weighted by molar-refractivity contribution is 0.104. The third-order valence-corrected chi connectivity index (χ3v) is 8.78. The van der Waals surface area contributed by atoms with Crippen molar-refractivity contribution in [3.05, 3.63) is 108 Å². The summed E-state index contributed by atoms with van der Waals surface area (Å²) in [7, 11) is 0. The van der Waals surface area contributed by atoms with Crippen LogP contribution >= 0.6 is 0 Å². The highest BCUT2D eigenvalue weighted by Gasteiger charge is 2.36. The van der Waals surface area contributed by atoms with E-state index in [1.54, 1.807) is 0 Å². The minimum atomic E-state index is 0.0774. The van der Waals surface area contributed by atoms with Gasteiger partial charge in [-0.05, 0) is 76.8 Å². The number of benzene rings is 4. The molecule has 0 radical (unpaired) electrons. The lowest BCUT2D eigenvalue weighted by Crippen LogP contribution is -2.33. The van der Waals surface area contributed by atoms with Crippen LogP contribution in [0.25, 0.3) is 21.5 Å². The van der Waals surface area contributed by atoms with Crippen LogP contribution in [-0.2, 0) is 0 Å². The molecular weight excluding hydrogens is 448 g/mol. The Kier molecular flexibility index (Phi) is 7.60. The predicted octanol–water partition coefficient (Wildman–Crippen LogP) is 9.88. The van der Waals surface area contributed by atoms with Gasteiger partial charge in [0.1, 0.15) is 0 Å². The molecule has 1 saturated carbocycles. The zero-order chi connectivity index (χ0) is 25.9. The van der Waals surface area contributed by atoms with Crippen LogP contribution in [-0.4, -0.2) is 5.78 Å². The van der Waals surface area contributed by atoms with Crippen molar-refractivity contribution in [1.82, 2.24) is 0 Å². The molecule has 2 aliphatic rings. The molecule has 2 aliphatic carbocycles. The fourth-order valence-corrected chi connectivity index (χ4v) is 6.74. The van der Waals surface area contributed by atoms with Crippen LogP contribution in [0.1, 0.15) is 69.3 Å². The van der Waals surface area contributed by atoms with Crippen LogP contribution in [0.15, 0.2) is 96.6 Å². The van der Waals surface area contributed by atoms with Gasteiger partial charge < -0.3 is 0 Å². The third kappa shape index (κ3) is 5.28. The highest BCUT2D eigenvalue weighted by atomic mass is 16.1. The third-order valence-electron chi connectivity index (χ3n) is 8.78. The van der Waals surface area contributed by atoms with E-state index in [1.165, 1.54) is 25.7 Å². The van der Waals surface area contributed by atoms with Gasteiger partial charge in [0.25, 0.3) is 0 Å². The van der Waals surface area contributed by atoms with Crippen LogP contribution < -0.4 is 0 Å². The molecule has 0 saturated heterocycles. The molecule has 0 N–H and O–H groups in total. The first-order valence-electron chi connectivity index (χ1n) is 14.1. The van der Waals surface area contributed by atoms with Crippen LogP contribution in [0.3, 0.4) is 0 Å². The van der Waals surface area contributed by atoms with Gasteiger partial charge in [-0.1, -0.05) is 124 Å². The second-order valence-electron chi connectivity index (χ2n) is 11.7. The summed E-state index contributed by atoms with van der Waals surface area (Å²) < 4.78 is 0. The molecule has 1 heteroatoms. The summed E-state index contributed by atoms with van der Waals surface area (Å²) in [5.41, 5.74) is 3.34. The van der Waals surface area contributed by atoms with Crippen molar-refractivity contribution < 1.29 is 4.79 Å². The summed E-state index contributed by atoms with van der Waals surface area (Å²) in [6, 6.07) is 27.8. The molecule has 37 heavy (non-hydrogen) atoms. The largest absolute Gasteiger partial charge is 0.289 e. The molecule has 0 aliphatic heterocycles.